The van der Waals surface area contributed by atoms with Crippen molar-refractivity contribution >= 4 is 0 Å². The van der Waals surface area contributed by atoms with Gasteiger partial charge in [-0.1, -0.05) is 52.0 Å². The standard InChI is InChI=1S/C17H28N2/c1-13(2)18-9-16-5-7-17(8-6-16)12-19-10-14(3)15(4)11-19/h5-8,13-15,18H,9-12H2,1-4H3. The molecule has 1 N–H and O–H groups in total. The van der Waals surface area contributed by atoms with E-state index in [4.69, 9.17) is 0 Å². The van der Waals surface area contributed by atoms with E-state index < -0.39 is 0 Å². The van der Waals surface area contributed by atoms with E-state index in [9.17, 15) is 0 Å². The molecule has 1 aliphatic heterocycles. The van der Waals surface area contributed by atoms with Crippen molar-refractivity contribution in [3.8, 4) is 0 Å². The van der Waals surface area contributed by atoms with Crippen LogP contribution in [0, 0.1) is 11.8 Å². The van der Waals surface area contributed by atoms with Gasteiger partial charge in [0.25, 0.3) is 0 Å². The summed E-state index contributed by atoms with van der Waals surface area (Å²) in [5.74, 6) is 1.68. The molecule has 0 amide bonds. The van der Waals surface area contributed by atoms with Crippen molar-refractivity contribution in [3.63, 3.8) is 0 Å². The van der Waals surface area contributed by atoms with Gasteiger partial charge >= 0.3 is 0 Å². The van der Waals surface area contributed by atoms with Gasteiger partial charge in [0.2, 0.25) is 0 Å². The lowest BCUT2D eigenvalue weighted by Gasteiger charge is -2.16. The highest BCUT2D eigenvalue weighted by Crippen LogP contribution is 2.23. The van der Waals surface area contributed by atoms with Crippen LogP contribution in [0.5, 0.6) is 0 Å². The van der Waals surface area contributed by atoms with Crippen LogP contribution in [0.1, 0.15) is 38.8 Å². The Labute approximate surface area is 118 Å². The third-order valence-corrected chi connectivity index (χ3v) is 4.21. The Bertz CT molecular complexity index is 373. The first-order chi connectivity index (χ1) is 9.04. The molecule has 1 fully saturated rings. The van der Waals surface area contributed by atoms with E-state index in [1.807, 2.05) is 0 Å². The highest BCUT2D eigenvalue weighted by molar-refractivity contribution is 5.22. The second kappa shape index (κ2) is 6.53. The maximum atomic E-state index is 3.46. The van der Waals surface area contributed by atoms with E-state index in [0.29, 0.717) is 6.04 Å². The zero-order valence-electron chi connectivity index (χ0n) is 12.8. The van der Waals surface area contributed by atoms with E-state index in [1.54, 1.807) is 0 Å². The van der Waals surface area contributed by atoms with Crippen LogP contribution >= 0.6 is 0 Å². The van der Waals surface area contributed by atoms with Gasteiger partial charge in [0.15, 0.2) is 0 Å². The summed E-state index contributed by atoms with van der Waals surface area (Å²) in [6, 6.07) is 9.63. The molecule has 0 radical (unpaired) electrons. The average molecular weight is 260 g/mol. The lowest BCUT2D eigenvalue weighted by atomic mass is 10.0. The van der Waals surface area contributed by atoms with Crippen molar-refractivity contribution in [1.82, 2.24) is 10.2 Å². The molecule has 19 heavy (non-hydrogen) atoms. The predicted octanol–water partition coefficient (Wildman–Crippen LogP) is 3.27. The van der Waals surface area contributed by atoms with Gasteiger partial charge in [0.1, 0.15) is 0 Å². The fourth-order valence-corrected chi connectivity index (χ4v) is 2.72. The maximum Gasteiger partial charge on any atom is 0.0233 e. The maximum absolute atomic E-state index is 3.46. The summed E-state index contributed by atoms with van der Waals surface area (Å²) in [6.07, 6.45) is 0. The van der Waals surface area contributed by atoms with Gasteiger partial charge in [-0.2, -0.15) is 0 Å². The second-order valence-corrected chi connectivity index (χ2v) is 6.50. The third kappa shape index (κ3) is 4.32. The van der Waals surface area contributed by atoms with Crippen molar-refractivity contribution in [2.24, 2.45) is 11.8 Å². The minimum Gasteiger partial charge on any atom is -0.310 e. The van der Waals surface area contributed by atoms with Crippen LogP contribution in [-0.2, 0) is 13.1 Å². The van der Waals surface area contributed by atoms with Crippen LogP contribution in [0.3, 0.4) is 0 Å². The lowest BCUT2D eigenvalue weighted by Crippen LogP contribution is -2.22. The molecule has 0 aliphatic carbocycles. The molecular formula is C17H28N2. The van der Waals surface area contributed by atoms with Crippen LogP contribution < -0.4 is 5.32 Å². The van der Waals surface area contributed by atoms with Crippen LogP contribution in [0.25, 0.3) is 0 Å². The molecule has 2 nitrogen and oxygen atoms in total. The predicted molar refractivity (Wildman–Crippen MR) is 82.0 cm³/mol. The number of rotatable bonds is 5. The van der Waals surface area contributed by atoms with Gasteiger partial charge in [-0.3, -0.25) is 4.90 Å². The Balaban J connectivity index is 1.85. The van der Waals surface area contributed by atoms with Crippen molar-refractivity contribution in [2.45, 2.75) is 46.8 Å². The summed E-state index contributed by atoms with van der Waals surface area (Å²) in [5.41, 5.74) is 2.82. The Morgan fingerprint density at radius 3 is 2.11 bits per heavy atom. The summed E-state index contributed by atoms with van der Waals surface area (Å²) in [7, 11) is 0. The Kier molecular flexibility index (Phi) is 5.00. The third-order valence-electron chi connectivity index (χ3n) is 4.21. The molecular weight excluding hydrogens is 232 g/mol. The summed E-state index contributed by atoms with van der Waals surface area (Å²) in [4.78, 5) is 2.58. The van der Waals surface area contributed by atoms with E-state index in [1.165, 1.54) is 24.2 Å². The topological polar surface area (TPSA) is 15.3 Å². The molecule has 2 atom stereocenters. The Morgan fingerprint density at radius 2 is 1.58 bits per heavy atom. The average Bonchev–Trinajstić information content (AvgIpc) is 2.67. The first kappa shape index (κ1) is 14.5. The largest absolute Gasteiger partial charge is 0.310 e. The quantitative estimate of drug-likeness (QED) is 0.874. The molecule has 2 heteroatoms. The van der Waals surface area contributed by atoms with E-state index >= 15 is 0 Å². The lowest BCUT2D eigenvalue weighted by molar-refractivity contribution is 0.316. The van der Waals surface area contributed by atoms with Gasteiger partial charge in [0, 0.05) is 32.2 Å². The summed E-state index contributed by atoms with van der Waals surface area (Å²) >= 11 is 0. The highest BCUT2D eigenvalue weighted by atomic mass is 15.1. The highest BCUT2D eigenvalue weighted by Gasteiger charge is 2.25. The molecule has 1 saturated heterocycles. The van der Waals surface area contributed by atoms with E-state index in [2.05, 4.69) is 62.2 Å². The van der Waals surface area contributed by atoms with Gasteiger partial charge in [-0.25, -0.2) is 0 Å². The first-order valence-corrected chi connectivity index (χ1v) is 7.58. The molecule has 1 aromatic rings. The van der Waals surface area contributed by atoms with Gasteiger partial charge in [0.05, 0.1) is 0 Å². The molecule has 0 saturated carbocycles. The summed E-state index contributed by atoms with van der Waals surface area (Å²) in [5, 5.41) is 3.46. The summed E-state index contributed by atoms with van der Waals surface area (Å²) < 4.78 is 0. The van der Waals surface area contributed by atoms with Crippen LogP contribution in [0.2, 0.25) is 0 Å². The fraction of sp³-hybridized carbons (Fsp3) is 0.647. The molecule has 0 bridgehead atoms. The minimum absolute atomic E-state index is 0.548. The fourth-order valence-electron chi connectivity index (χ4n) is 2.72. The monoisotopic (exact) mass is 260 g/mol. The van der Waals surface area contributed by atoms with Crippen molar-refractivity contribution in [1.29, 1.82) is 0 Å². The molecule has 2 rings (SSSR count). The SMILES string of the molecule is CC(C)NCc1ccc(CN2CC(C)C(C)C2)cc1. The smallest absolute Gasteiger partial charge is 0.0233 e. The molecule has 1 aromatic carbocycles. The molecule has 1 aliphatic rings. The Hall–Kier alpha value is -0.860. The molecule has 2 unspecified atom stereocenters. The number of benzene rings is 1. The van der Waals surface area contributed by atoms with Crippen LogP contribution in [-0.4, -0.2) is 24.0 Å². The zero-order chi connectivity index (χ0) is 13.8. The second-order valence-electron chi connectivity index (χ2n) is 6.50. The number of likely N-dealkylation sites (tertiary alicyclic amines) is 1. The van der Waals surface area contributed by atoms with E-state index in [-0.39, 0.29) is 0 Å². The van der Waals surface area contributed by atoms with E-state index in [0.717, 1.165) is 24.9 Å². The molecule has 0 spiro atoms. The van der Waals surface area contributed by atoms with Gasteiger partial charge < -0.3 is 5.32 Å². The number of hydrogen-bond donors (Lipinski definition) is 1. The zero-order valence-corrected chi connectivity index (χ0v) is 12.8. The molecule has 106 valence electrons. The first-order valence-electron chi connectivity index (χ1n) is 7.58. The molecule has 0 aromatic heterocycles. The summed E-state index contributed by atoms with van der Waals surface area (Å²) in [6.45, 7) is 13.7. The normalized spacial score (nSPS) is 24.3. The van der Waals surface area contributed by atoms with Gasteiger partial charge in [-0.05, 0) is 23.0 Å². The van der Waals surface area contributed by atoms with Crippen molar-refractivity contribution in [3.05, 3.63) is 35.4 Å². The minimum atomic E-state index is 0.548. The van der Waals surface area contributed by atoms with Crippen LogP contribution in [0.15, 0.2) is 24.3 Å². The van der Waals surface area contributed by atoms with Crippen molar-refractivity contribution < 1.29 is 0 Å². The Morgan fingerprint density at radius 1 is 1.05 bits per heavy atom. The van der Waals surface area contributed by atoms with Crippen molar-refractivity contribution in [2.75, 3.05) is 13.1 Å². The number of hydrogen-bond acceptors (Lipinski definition) is 2. The number of nitrogens with one attached hydrogen (secondary N) is 1. The van der Waals surface area contributed by atoms with Crippen LogP contribution in [0.4, 0.5) is 0 Å². The van der Waals surface area contributed by atoms with Gasteiger partial charge in [-0.15, -0.1) is 0 Å². The molecule has 1 heterocycles. The number of nitrogens with zero attached hydrogens (tertiary/aromatic N) is 1.